The van der Waals surface area contributed by atoms with Crippen molar-refractivity contribution >= 4 is 5.91 Å². The number of hydrogen-bond donors (Lipinski definition) is 2. The molecule has 1 unspecified atom stereocenters. The van der Waals surface area contributed by atoms with Gasteiger partial charge in [-0.25, -0.2) is 0 Å². The highest BCUT2D eigenvalue weighted by atomic mass is 16.5. The molecule has 1 amide bonds. The maximum absolute atomic E-state index is 12.0. The van der Waals surface area contributed by atoms with Crippen molar-refractivity contribution in [1.29, 1.82) is 0 Å². The highest BCUT2D eigenvalue weighted by Crippen LogP contribution is 2.27. The van der Waals surface area contributed by atoms with E-state index in [0.717, 1.165) is 30.8 Å². The minimum atomic E-state index is 0.0241. The third kappa shape index (κ3) is 2.49. The smallest absolute Gasteiger partial charge is 0.247 e. The highest BCUT2D eigenvalue weighted by Gasteiger charge is 2.23. The number of rotatable bonds is 3. The maximum Gasteiger partial charge on any atom is 0.247 e. The molecule has 2 aliphatic rings. The van der Waals surface area contributed by atoms with E-state index < -0.39 is 0 Å². The summed E-state index contributed by atoms with van der Waals surface area (Å²) in [7, 11) is 0. The van der Waals surface area contributed by atoms with Gasteiger partial charge in [0.05, 0.1) is 6.54 Å². The van der Waals surface area contributed by atoms with Gasteiger partial charge in [-0.1, -0.05) is 18.2 Å². The molecule has 1 aromatic carbocycles. The molecule has 100 valence electrons. The summed E-state index contributed by atoms with van der Waals surface area (Å²) in [6.45, 7) is 4.12. The largest absolute Gasteiger partial charge is 0.488 e. The van der Waals surface area contributed by atoms with Gasteiger partial charge >= 0.3 is 0 Å². The van der Waals surface area contributed by atoms with Crippen molar-refractivity contribution in [2.45, 2.75) is 19.4 Å². The highest BCUT2D eigenvalue weighted by molar-refractivity contribution is 5.94. The van der Waals surface area contributed by atoms with Gasteiger partial charge in [0.15, 0.2) is 0 Å². The van der Waals surface area contributed by atoms with Crippen molar-refractivity contribution in [2.75, 3.05) is 19.6 Å². The van der Waals surface area contributed by atoms with E-state index in [1.54, 1.807) is 0 Å². The number of nitrogens with one attached hydrogen (secondary N) is 2. The number of fused-ring (bicyclic) bond motifs is 1. The number of carbonyl (C=O) groups is 1. The van der Waals surface area contributed by atoms with Crippen LogP contribution in [0.15, 0.2) is 35.4 Å². The molecule has 1 aromatic rings. The van der Waals surface area contributed by atoms with Crippen LogP contribution in [0.4, 0.5) is 0 Å². The van der Waals surface area contributed by atoms with Gasteiger partial charge in [-0.15, -0.1) is 0 Å². The number of para-hydroxylation sites is 1. The second-order valence-corrected chi connectivity index (χ2v) is 5.09. The summed E-state index contributed by atoms with van der Waals surface area (Å²) in [5.74, 6) is 0.969. The van der Waals surface area contributed by atoms with E-state index in [2.05, 4.69) is 16.7 Å². The lowest BCUT2D eigenvalue weighted by atomic mass is 10.0. The first kappa shape index (κ1) is 12.2. The summed E-state index contributed by atoms with van der Waals surface area (Å²) in [6, 6.07) is 8.04. The zero-order valence-electron chi connectivity index (χ0n) is 11.0. The molecular weight excluding hydrogens is 240 g/mol. The lowest BCUT2D eigenvalue weighted by molar-refractivity contribution is -0.117. The van der Waals surface area contributed by atoms with E-state index in [9.17, 15) is 4.79 Å². The van der Waals surface area contributed by atoms with Crippen LogP contribution in [-0.4, -0.2) is 31.6 Å². The fourth-order valence-electron chi connectivity index (χ4n) is 2.38. The van der Waals surface area contributed by atoms with Crippen molar-refractivity contribution in [3.05, 3.63) is 41.0 Å². The molecule has 0 radical (unpaired) electrons. The summed E-state index contributed by atoms with van der Waals surface area (Å²) in [6.07, 6.45) is 0.923. The Hall–Kier alpha value is -1.81. The Bertz CT molecular complexity index is 506. The van der Waals surface area contributed by atoms with Crippen molar-refractivity contribution in [3.8, 4) is 5.75 Å². The SMILES string of the molecule is CC(C(=O)NCC1Cc2ccccc2O1)=C1CNC1. The minimum Gasteiger partial charge on any atom is -0.488 e. The number of carbonyl (C=O) groups excluding carboxylic acids is 1. The Morgan fingerprint density at radius 3 is 2.89 bits per heavy atom. The summed E-state index contributed by atoms with van der Waals surface area (Å²) in [5, 5.41) is 6.10. The van der Waals surface area contributed by atoms with Crippen molar-refractivity contribution < 1.29 is 9.53 Å². The summed E-state index contributed by atoms with van der Waals surface area (Å²) in [4.78, 5) is 12.0. The molecule has 1 saturated heterocycles. The van der Waals surface area contributed by atoms with Gasteiger partial charge in [-0.2, -0.15) is 0 Å². The zero-order valence-corrected chi connectivity index (χ0v) is 11.0. The Labute approximate surface area is 112 Å². The van der Waals surface area contributed by atoms with Crippen LogP contribution in [0.25, 0.3) is 0 Å². The minimum absolute atomic E-state index is 0.0241. The predicted octanol–water partition coefficient (Wildman–Crippen LogP) is 1.03. The zero-order chi connectivity index (χ0) is 13.2. The van der Waals surface area contributed by atoms with E-state index in [1.807, 2.05) is 25.1 Å². The maximum atomic E-state index is 12.0. The average Bonchev–Trinajstić information content (AvgIpc) is 2.76. The molecule has 2 aliphatic heterocycles. The van der Waals surface area contributed by atoms with Crippen LogP contribution in [-0.2, 0) is 11.2 Å². The molecule has 3 rings (SSSR count). The van der Waals surface area contributed by atoms with Crippen LogP contribution >= 0.6 is 0 Å². The van der Waals surface area contributed by atoms with Crippen LogP contribution in [0.3, 0.4) is 0 Å². The van der Waals surface area contributed by atoms with Crippen LogP contribution < -0.4 is 15.4 Å². The van der Waals surface area contributed by atoms with E-state index >= 15 is 0 Å². The van der Waals surface area contributed by atoms with Gasteiger partial charge in [-0.05, 0) is 24.1 Å². The summed E-state index contributed by atoms with van der Waals surface area (Å²) >= 11 is 0. The van der Waals surface area contributed by atoms with Gasteiger partial charge in [0.2, 0.25) is 5.91 Å². The Morgan fingerprint density at radius 1 is 1.42 bits per heavy atom. The number of amides is 1. The molecule has 1 fully saturated rings. The summed E-state index contributed by atoms with van der Waals surface area (Å²) in [5.41, 5.74) is 3.27. The average molecular weight is 258 g/mol. The summed E-state index contributed by atoms with van der Waals surface area (Å²) < 4.78 is 5.79. The van der Waals surface area contributed by atoms with Gasteiger partial charge in [0, 0.05) is 25.1 Å². The molecule has 0 bridgehead atoms. The van der Waals surface area contributed by atoms with Crippen molar-refractivity contribution in [3.63, 3.8) is 0 Å². The molecule has 0 aliphatic carbocycles. The molecule has 4 nitrogen and oxygen atoms in total. The Morgan fingerprint density at radius 2 is 2.21 bits per heavy atom. The molecule has 0 saturated carbocycles. The Balaban J connectivity index is 1.53. The van der Waals surface area contributed by atoms with Crippen LogP contribution in [0.2, 0.25) is 0 Å². The first-order valence-electron chi connectivity index (χ1n) is 6.66. The first-order chi connectivity index (χ1) is 9.24. The normalized spacial score (nSPS) is 20.3. The lowest BCUT2D eigenvalue weighted by Gasteiger charge is -2.21. The third-order valence-electron chi connectivity index (χ3n) is 3.75. The third-order valence-corrected chi connectivity index (χ3v) is 3.75. The van der Waals surface area contributed by atoms with Gasteiger partial charge in [-0.3, -0.25) is 4.79 Å². The van der Waals surface area contributed by atoms with Crippen LogP contribution in [0.1, 0.15) is 12.5 Å². The molecular formula is C15H18N2O2. The van der Waals surface area contributed by atoms with E-state index in [0.29, 0.717) is 6.54 Å². The number of benzene rings is 1. The van der Waals surface area contributed by atoms with Gasteiger partial charge < -0.3 is 15.4 Å². The standard InChI is InChI=1S/C15H18N2O2/c1-10(12-7-16-8-12)15(18)17-9-13-6-11-4-2-3-5-14(11)19-13/h2-5,13,16H,6-9H2,1H3,(H,17,18). The lowest BCUT2D eigenvalue weighted by Crippen LogP contribution is -2.39. The molecule has 0 spiro atoms. The van der Waals surface area contributed by atoms with Crippen LogP contribution in [0.5, 0.6) is 5.75 Å². The molecule has 2 heterocycles. The first-order valence-corrected chi connectivity index (χ1v) is 6.66. The second kappa shape index (κ2) is 5.05. The van der Waals surface area contributed by atoms with E-state index in [1.165, 1.54) is 11.1 Å². The number of hydrogen-bond acceptors (Lipinski definition) is 3. The van der Waals surface area contributed by atoms with E-state index in [-0.39, 0.29) is 12.0 Å². The molecule has 1 atom stereocenters. The van der Waals surface area contributed by atoms with Crippen molar-refractivity contribution in [2.24, 2.45) is 0 Å². The molecule has 0 aromatic heterocycles. The monoisotopic (exact) mass is 258 g/mol. The molecule has 4 heteroatoms. The van der Waals surface area contributed by atoms with Crippen molar-refractivity contribution in [1.82, 2.24) is 10.6 Å². The second-order valence-electron chi connectivity index (χ2n) is 5.09. The fourth-order valence-corrected chi connectivity index (χ4v) is 2.38. The van der Waals surface area contributed by atoms with Gasteiger partial charge in [0.25, 0.3) is 0 Å². The van der Waals surface area contributed by atoms with E-state index in [4.69, 9.17) is 4.74 Å². The number of ether oxygens (including phenoxy) is 1. The quantitative estimate of drug-likeness (QED) is 0.796. The molecule has 19 heavy (non-hydrogen) atoms. The van der Waals surface area contributed by atoms with Crippen LogP contribution in [0, 0.1) is 0 Å². The fraction of sp³-hybridized carbons (Fsp3) is 0.400. The molecule has 2 N–H and O–H groups in total. The topological polar surface area (TPSA) is 50.4 Å². The Kier molecular flexibility index (Phi) is 3.25. The van der Waals surface area contributed by atoms with Gasteiger partial charge in [0.1, 0.15) is 11.9 Å². The predicted molar refractivity (Wildman–Crippen MR) is 73.1 cm³/mol.